The molecule has 17 heavy (non-hydrogen) atoms. The van der Waals surface area contributed by atoms with Crippen LogP contribution in [0.5, 0.6) is 0 Å². The first kappa shape index (κ1) is 12.1. The van der Waals surface area contributed by atoms with Crippen LogP contribution in [0.2, 0.25) is 0 Å². The number of carbonyl (C=O) groups is 1. The minimum absolute atomic E-state index is 0.154. The number of amides is 1. The van der Waals surface area contributed by atoms with Crippen molar-refractivity contribution in [2.24, 2.45) is 0 Å². The van der Waals surface area contributed by atoms with Gasteiger partial charge < -0.3 is 5.32 Å². The minimum Gasteiger partial charge on any atom is -0.354 e. The highest BCUT2D eigenvalue weighted by Gasteiger charge is 2.19. The van der Waals surface area contributed by atoms with Crippen molar-refractivity contribution in [3.8, 4) is 0 Å². The largest absolute Gasteiger partial charge is 0.354 e. The number of aromatic nitrogens is 2. The molecule has 0 saturated carbocycles. The van der Waals surface area contributed by atoms with Crippen molar-refractivity contribution in [2.75, 3.05) is 7.05 Å². The van der Waals surface area contributed by atoms with E-state index < -0.39 is 4.84 Å². The highest BCUT2D eigenvalue weighted by Crippen LogP contribution is 2.26. The van der Waals surface area contributed by atoms with Crippen LogP contribution in [-0.4, -0.2) is 22.9 Å². The Balaban J connectivity index is 2.70. The summed E-state index contributed by atoms with van der Waals surface area (Å²) >= 11 is 11.6. The molecule has 2 aromatic rings. The second-order valence-corrected chi connectivity index (χ2v) is 4.42. The lowest BCUT2D eigenvalue weighted by molar-refractivity contribution is 0.0957. The molecule has 4 nitrogen and oxygen atoms in total. The molecular weight excluding hydrogens is 261 g/mol. The number of halogens is 2. The number of para-hydroxylation sites is 2. The monoisotopic (exact) mass is 269 g/mol. The standard InChI is InChI=1S/C11H9Cl2N3O/c1-14-11(17)9-8(10(12)13)15-6-4-2-3-5-7(6)16-9/h2-5,10H,1H3,(H,14,17). The first-order chi connectivity index (χ1) is 8.13. The predicted octanol–water partition coefficient (Wildman–Crippen LogP) is 2.47. The van der Waals surface area contributed by atoms with Gasteiger partial charge in [0.2, 0.25) is 0 Å². The molecule has 0 unspecified atom stereocenters. The average Bonchev–Trinajstić information content (AvgIpc) is 2.36. The van der Waals surface area contributed by atoms with Gasteiger partial charge in [0.15, 0.2) is 10.5 Å². The maximum atomic E-state index is 11.7. The summed E-state index contributed by atoms with van der Waals surface area (Å²) in [6.07, 6.45) is 0. The van der Waals surface area contributed by atoms with Crippen LogP contribution in [0.1, 0.15) is 21.0 Å². The maximum Gasteiger partial charge on any atom is 0.271 e. The first-order valence-corrected chi connectivity index (χ1v) is 5.77. The van der Waals surface area contributed by atoms with E-state index >= 15 is 0 Å². The number of rotatable bonds is 2. The van der Waals surface area contributed by atoms with Crippen molar-refractivity contribution >= 4 is 40.1 Å². The smallest absolute Gasteiger partial charge is 0.271 e. The molecule has 1 amide bonds. The molecule has 0 saturated heterocycles. The molecule has 6 heteroatoms. The molecule has 0 radical (unpaired) electrons. The van der Waals surface area contributed by atoms with Crippen LogP contribution in [0, 0.1) is 0 Å². The SMILES string of the molecule is CNC(=O)c1nc2ccccc2nc1C(Cl)Cl. The third kappa shape index (κ3) is 2.33. The Kier molecular flexibility index (Phi) is 3.45. The molecular formula is C11H9Cl2N3O. The summed E-state index contributed by atoms with van der Waals surface area (Å²) in [6.45, 7) is 0. The summed E-state index contributed by atoms with van der Waals surface area (Å²) in [5.74, 6) is -0.357. The molecule has 0 aliphatic rings. The lowest BCUT2D eigenvalue weighted by Gasteiger charge is -2.08. The molecule has 1 aromatic heterocycles. The Morgan fingerprint density at radius 3 is 2.35 bits per heavy atom. The second kappa shape index (κ2) is 4.85. The van der Waals surface area contributed by atoms with Crippen LogP contribution in [0.3, 0.4) is 0 Å². The van der Waals surface area contributed by atoms with Crippen molar-refractivity contribution in [2.45, 2.75) is 4.84 Å². The molecule has 0 bridgehead atoms. The van der Waals surface area contributed by atoms with E-state index in [9.17, 15) is 4.79 Å². The quantitative estimate of drug-likeness (QED) is 0.853. The number of hydrogen-bond acceptors (Lipinski definition) is 3. The molecule has 2 rings (SSSR count). The third-order valence-corrected chi connectivity index (χ3v) is 2.66. The van der Waals surface area contributed by atoms with Crippen molar-refractivity contribution in [3.63, 3.8) is 0 Å². The Morgan fingerprint density at radius 2 is 1.82 bits per heavy atom. The zero-order chi connectivity index (χ0) is 12.4. The van der Waals surface area contributed by atoms with Crippen LogP contribution in [0.4, 0.5) is 0 Å². The molecule has 1 heterocycles. The molecule has 0 fully saturated rings. The zero-order valence-corrected chi connectivity index (χ0v) is 10.5. The van der Waals surface area contributed by atoms with E-state index in [-0.39, 0.29) is 17.3 Å². The number of carbonyl (C=O) groups excluding carboxylic acids is 1. The molecule has 88 valence electrons. The lowest BCUT2D eigenvalue weighted by Crippen LogP contribution is -2.22. The fourth-order valence-corrected chi connectivity index (χ4v) is 1.76. The molecule has 0 spiro atoms. The van der Waals surface area contributed by atoms with E-state index in [1.165, 1.54) is 7.05 Å². The van der Waals surface area contributed by atoms with E-state index in [1.807, 2.05) is 12.1 Å². The zero-order valence-electron chi connectivity index (χ0n) is 8.95. The lowest BCUT2D eigenvalue weighted by atomic mass is 10.2. The number of alkyl halides is 2. The fourth-order valence-electron chi connectivity index (χ4n) is 1.45. The summed E-state index contributed by atoms with van der Waals surface area (Å²) in [6, 6.07) is 7.21. The van der Waals surface area contributed by atoms with Crippen molar-refractivity contribution in [1.29, 1.82) is 0 Å². The van der Waals surface area contributed by atoms with Crippen LogP contribution >= 0.6 is 23.2 Å². The molecule has 1 N–H and O–H groups in total. The Hall–Kier alpha value is -1.39. The van der Waals surface area contributed by atoms with Crippen molar-refractivity contribution < 1.29 is 4.79 Å². The van der Waals surface area contributed by atoms with Gasteiger partial charge in [-0.05, 0) is 12.1 Å². The van der Waals surface area contributed by atoms with Gasteiger partial charge in [-0.3, -0.25) is 4.79 Å². The highest BCUT2D eigenvalue weighted by atomic mass is 35.5. The topological polar surface area (TPSA) is 54.9 Å². The van der Waals surface area contributed by atoms with Gasteiger partial charge in [0.1, 0.15) is 5.69 Å². The molecule has 0 atom stereocenters. The summed E-state index contributed by atoms with van der Waals surface area (Å²) < 4.78 is 0. The fraction of sp³-hybridized carbons (Fsp3) is 0.182. The highest BCUT2D eigenvalue weighted by molar-refractivity contribution is 6.44. The van der Waals surface area contributed by atoms with Gasteiger partial charge in [-0.15, -0.1) is 0 Å². The number of benzene rings is 1. The summed E-state index contributed by atoms with van der Waals surface area (Å²) in [5, 5.41) is 2.48. The average molecular weight is 270 g/mol. The van der Waals surface area contributed by atoms with Gasteiger partial charge in [0.05, 0.1) is 11.0 Å². The Labute approximate surface area is 108 Å². The van der Waals surface area contributed by atoms with Crippen LogP contribution in [-0.2, 0) is 0 Å². The Morgan fingerprint density at radius 1 is 1.24 bits per heavy atom. The minimum atomic E-state index is -0.889. The normalized spacial score (nSPS) is 10.8. The van der Waals surface area contributed by atoms with Crippen molar-refractivity contribution in [3.05, 3.63) is 35.7 Å². The van der Waals surface area contributed by atoms with Crippen LogP contribution in [0.25, 0.3) is 11.0 Å². The first-order valence-electron chi connectivity index (χ1n) is 4.90. The van der Waals surface area contributed by atoms with Gasteiger partial charge >= 0.3 is 0 Å². The maximum absolute atomic E-state index is 11.7. The van der Waals surface area contributed by atoms with Gasteiger partial charge in [-0.1, -0.05) is 35.3 Å². The van der Waals surface area contributed by atoms with E-state index in [0.717, 1.165) is 0 Å². The van der Waals surface area contributed by atoms with Gasteiger partial charge in [0.25, 0.3) is 5.91 Å². The Bertz CT molecular complexity index is 572. The molecule has 1 aromatic carbocycles. The van der Waals surface area contributed by atoms with E-state index in [1.54, 1.807) is 12.1 Å². The molecule has 0 aliphatic heterocycles. The molecule has 0 aliphatic carbocycles. The van der Waals surface area contributed by atoms with Gasteiger partial charge in [0, 0.05) is 7.05 Å². The van der Waals surface area contributed by atoms with Gasteiger partial charge in [-0.25, -0.2) is 9.97 Å². The summed E-state index contributed by atoms with van der Waals surface area (Å²) in [7, 11) is 1.51. The van der Waals surface area contributed by atoms with Crippen LogP contribution in [0.15, 0.2) is 24.3 Å². The number of fused-ring (bicyclic) bond motifs is 1. The van der Waals surface area contributed by atoms with E-state index in [2.05, 4.69) is 15.3 Å². The van der Waals surface area contributed by atoms with Crippen LogP contribution < -0.4 is 5.32 Å². The predicted molar refractivity (Wildman–Crippen MR) is 67.4 cm³/mol. The second-order valence-electron chi connectivity index (χ2n) is 3.33. The third-order valence-electron chi connectivity index (χ3n) is 2.25. The summed E-state index contributed by atoms with van der Waals surface area (Å²) in [4.78, 5) is 19.2. The van der Waals surface area contributed by atoms with Gasteiger partial charge in [-0.2, -0.15) is 0 Å². The number of hydrogen-bond donors (Lipinski definition) is 1. The van der Waals surface area contributed by atoms with E-state index in [0.29, 0.717) is 11.0 Å². The number of nitrogens with zero attached hydrogens (tertiary/aromatic N) is 2. The number of nitrogens with one attached hydrogen (secondary N) is 1. The van der Waals surface area contributed by atoms with Crippen molar-refractivity contribution in [1.82, 2.24) is 15.3 Å². The van der Waals surface area contributed by atoms with E-state index in [4.69, 9.17) is 23.2 Å². The summed E-state index contributed by atoms with van der Waals surface area (Å²) in [5.41, 5.74) is 1.71.